The molecule has 2 rings (SSSR count). The zero-order chi connectivity index (χ0) is 19.2. The average Bonchev–Trinajstić information content (AvgIpc) is 2.62. The number of thioether (sulfide) groups is 1. The zero-order valence-corrected chi connectivity index (χ0v) is 16.1. The van der Waals surface area contributed by atoms with Gasteiger partial charge in [0, 0.05) is 19.8 Å². The molecule has 26 heavy (non-hydrogen) atoms. The number of ether oxygens (including phenoxy) is 1. The van der Waals surface area contributed by atoms with Crippen molar-refractivity contribution in [2.45, 2.75) is 17.3 Å². The highest BCUT2D eigenvalue weighted by Gasteiger charge is 2.17. The van der Waals surface area contributed by atoms with E-state index in [-0.39, 0.29) is 23.1 Å². The van der Waals surface area contributed by atoms with Crippen molar-refractivity contribution in [3.63, 3.8) is 0 Å². The maximum absolute atomic E-state index is 12.8. The molecule has 0 amide bonds. The highest BCUT2D eigenvalue weighted by Crippen LogP contribution is 2.16. The predicted molar refractivity (Wildman–Crippen MR) is 99.7 cm³/mol. The van der Waals surface area contributed by atoms with Gasteiger partial charge in [0.25, 0.3) is 0 Å². The van der Waals surface area contributed by atoms with Crippen molar-refractivity contribution >= 4 is 27.8 Å². The van der Waals surface area contributed by atoms with Crippen molar-refractivity contribution in [3.8, 4) is 0 Å². The van der Waals surface area contributed by atoms with Crippen LogP contribution in [0.5, 0.6) is 0 Å². The van der Waals surface area contributed by atoms with Crippen LogP contribution in [0.3, 0.4) is 0 Å². The van der Waals surface area contributed by atoms with Gasteiger partial charge in [-0.25, -0.2) is 17.1 Å². The summed E-state index contributed by atoms with van der Waals surface area (Å²) in [7, 11) is -0.606. The van der Waals surface area contributed by atoms with Gasteiger partial charge in [-0.2, -0.15) is 0 Å². The first-order valence-corrected chi connectivity index (χ1v) is 10.4. The molecule has 2 aromatic carbocycles. The van der Waals surface area contributed by atoms with E-state index >= 15 is 0 Å². The van der Waals surface area contributed by atoms with Crippen molar-refractivity contribution in [1.82, 2.24) is 4.31 Å². The Morgan fingerprint density at radius 1 is 1.12 bits per heavy atom. The van der Waals surface area contributed by atoms with Gasteiger partial charge in [-0.1, -0.05) is 24.3 Å². The number of nitrogens with zero attached hydrogens (tertiary/aromatic N) is 1. The standard InChI is InChI=1S/C18H20FNO4S2/c1-20(2)26(22,23)17-5-3-4-15(10-17)11-24-18(21)13-25-12-14-6-8-16(19)9-7-14/h3-10H,11-13H2,1-2H3. The number of esters is 1. The van der Waals surface area contributed by atoms with Gasteiger partial charge in [0.05, 0.1) is 10.6 Å². The highest BCUT2D eigenvalue weighted by atomic mass is 32.2. The van der Waals surface area contributed by atoms with Gasteiger partial charge in [-0.15, -0.1) is 11.8 Å². The van der Waals surface area contributed by atoms with Crippen molar-refractivity contribution in [3.05, 3.63) is 65.5 Å². The lowest BCUT2D eigenvalue weighted by Gasteiger charge is -2.12. The molecule has 0 N–H and O–H groups in total. The SMILES string of the molecule is CN(C)S(=O)(=O)c1cccc(COC(=O)CSCc2ccc(F)cc2)c1. The number of hydrogen-bond acceptors (Lipinski definition) is 5. The molecule has 0 bridgehead atoms. The summed E-state index contributed by atoms with van der Waals surface area (Å²) in [5, 5.41) is 0. The smallest absolute Gasteiger partial charge is 0.316 e. The lowest BCUT2D eigenvalue weighted by molar-refractivity contribution is -0.141. The van der Waals surface area contributed by atoms with E-state index < -0.39 is 16.0 Å². The fourth-order valence-corrected chi connectivity index (χ4v) is 3.80. The van der Waals surface area contributed by atoms with Crippen LogP contribution in [-0.4, -0.2) is 38.5 Å². The second-order valence-corrected chi connectivity index (χ2v) is 8.85. The van der Waals surface area contributed by atoms with E-state index in [0.29, 0.717) is 11.3 Å². The summed E-state index contributed by atoms with van der Waals surface area (Å²) < 4.78 is 43.4. The van der Waals surface area contributed by atoms with Crippen molar-refractivity contribution in [2.75, 3.05) is 19.8 Å². The monoisotopic (exact) mass is 397 g/mol. The number of rotatable bonds is 8. The molecule has 0 radical (unpaired) electrons. The minimum absolute atomic E-state index is 0.00668. The molecular formula is C18H20FNO4S2. The molecule has 0 aromatic heterocycles. The van der Waals surface area contributed by atoms with Crippen molar-refractivity contribution < 1.29 is 22.3 Å². The fraction of sp³-hybridized carbons (Fsp3) is 0.278. The van der Waals surface area contributed by atoms with Gasteiger partial charge in [0.1, 0.15) is 12.4 Å². The van der Waals surface area contributed by atoms with E-state index in [1.807, 2.05) is 0 Å². The Bertz CT molecular complexity index is 852. The summed E-state index contributed by atoms with van der Waals surface area (Å²) >= 11 is 1.37. The molecule has 0 fully saturated rings. The van der Waals surface area contributed by atoms with Crippen molar-refractivity contribution in [2.24, 2.45) is 0 Å². The largest absolute Gasteiger partial charge is 0.460 e. The van der Waals surface area contributed by atoms with E-state index in [1.54, 1.807) is 24.3 Å². The van der Waals surface area contributed by atoms with Crippen LogP contribution >= 0.6 is 11.8 Å². The third-order valence-electron chi connectivity index (χ3n) is 3.48. The van der Waals surface area contributed by atoms with Gasteiger partial charge in [0.15, 0.2) is 0 Å². The summed E-state index contributed by atoms with van der Waals surface area (Å²) in [4.78, 5) is 12.0. The highest BCUT2D eigenvalue weighted by molar-refractivity contribution is 7.99. The summed E-state index contributed by atoms with van der Waals surface area (Å²) in [6, 6.07) is 12.4. The summed E-state index contributed by atoms with van der Waals surface area (Å²) in [5.74, 6) is 0.0496. The van der Waals surface area contributed by atoms with Crippen LogP contribution in [0, 0.1) is 5.82 Å². The van der Waals surface area contributed by atoms with E-state index in [4.69, 9.17) is 4.74 Å². The second-order valence-electron chi connectivity index (χ2n) is 5.71. The van der Waals surface area contributed by atoms with Gasteiger partial charge < -0.3 is 4.74 Å². The Kier molecular flexibility index (Phi) is 7.19. The lowest BCUT2D eigenvalue weighted by Crippen LogP contribution is -2.22. The number of carbonyl (C=O) groups is 1. The Morgan fingerprint density at radius 3 is 2.46 bits per heavy atom. The molecule has 0 saturated heterocycles. The maximum atomic E-state index is 12.8. The minimum atomic E-state index is -3.52. The summed E-state index contributed by atoms with van der Waals surface area (Å²) in [6.45, 7) is 0.00668. The van der Waals surface area contributed by atoms with Crippen LogP contribution < -0.4 is 0 Å². The molecular weight excluding hydrogens is 377 g/mol. The Hall–Kier alpha value is -1.90. The van der Waals surface area contributed by atoms with E-state index in [9.17, 15) is 17.6 Å². The quantitative estimate of drug-likeness (QED) is 0.641. The molecule has 0 spiro atoms. The average molecular weight is 397 g/mol. The Balaban J connectivity index is 1.83. The van der Waals surface area contributed by atoms with Gasteiger partial charge in [0.2, 0.25) is 10.0 Å². The molecule has 0 heterocycles. The van der Waals surface area contributed by atoms with Crippen LogP contribution in [0.4, 0.5) is 4.39 Å². The normalized spacial score (nSPS) is 11.5. The lowest BCUT2D eigenvalue weighted by atomic mass is 10.2. The van der Waals surface area contributed by atoms with Crippen LogP contribution in [0.25, 0.3) is 0 Å². The van der Waals surface area contributed by atoms with Gasteiger partial charge in [-0.05, 0) is 35.4 Å². The second kappa shape index (κ2) is 9.16. The molecule has 0 unspecified atom stereocenters. The first-order chi connectivity index (χ1) is 12.3. The molecule has 140 valence electrons. The molecule has 0 atom stereocenters. The zero-order valence-electron chi connectivity index (χ0n) is 14.5. The molecule has 0 saturated carbocycles. The molecule has 2 aromatic rings. The first kappa shape index (κ1) is 20.4. The molecule has 0 aliphatic heterocycles. The molecule has 0 aliphatic rings. The fourth-order valence-electron chi connectivity index (χ4n) is 2.04. The van der Waals surface area contributed by atoms with Gasteiger partial charge >= 0.3 is 5.97 Å². The van der Waals surface area contributed by atoms with Gasteiger partial charge in [-0.3, -0.25) is 4.79 Å². The van der Waals surface area contributed by atoms with E-state index in [1.165, 1.54) is 50.1 Å². The number of sulfonamides is 1. The van der Waals surface area contributed by atoms with E-state index in [0.717, 1.165) is 9.87 Å². The maximum Gasteiger partial charge on any atom is 0.316 e. The number of halogens is 1. The van der Waals surface area contributed by atoms with Crippen LogP contribution in [-0.2, 0) is 31.9 Å². The predicted octanol–water partition coefficient (Wildman–Crippen LogP) is 3.05. The number of hydrogen-bond donors (Lipinski definition) is 0. The van der Waals surface area contributed by atoms with Crippen LogP contribution in [0.2, 0.25) is 0 Å². The molecule has 5 nitrogen and oxygen atoms in total. The number of benzene rings is 2. The van der Waals surface area contributed by atoms with Crippen molar-refractivity contribution in [1.29, 1.82) is 0 Å². The summed E-state index contributed by atoms with van der Waals surface area (Å²) in [6.07, 6.45) is 0. The first-order valence-electron chi connectivity index (χ1n) is 7.78. The molecule has 8 heteroatoms. The Morgan fingerprint density at radius 2 is 1.81 bits per heavy atom. The minimum Gasteiger partial charge on any atom is -0.460 e. The third-order valence-corrected chi connectivity index (χ3v) is 6.27. The third kappa shape index (κ3) is 5.82. The summed E-state index contributed by atoms with van der Waals surface area (Å²) in [5.41, 5.74) is 1.52. The topological polar surface area (TPSA) is 63.7 Å². The Labute approximate surface area is 157 Å². The molecule has 0 aliphatic carbocycles. The van der Waals surface area contributed by atoms with E-state index in [2.05, 4.69) is 0 Å². The van der Waals surface area contributed by atoms with Crippen LogP contribution in [0.1, 0.15) is 11.1 Å². The number of carbonyl (C=O) groups excluding carboxylic acids is 1. The van der Waals surface area contributed by atoms with Crippen LogP contribution in [0.15, 0.2) is 53.4 Å².